The minimum atomic E-state index is -0.220. The lowest BCUT2D eigenvalue weighted by atomic mass is 9.88. The Morgan fingerprint density at radius 2 is 1.88 bits per heavy atom. The number of nitrogens with zero attached hydrogens (tertiary/aromatic N) is 2. The van der Waals surface area contributed by atoms with E-state index in [4.69, 9.17) is 4.42 Å². The average Bonchev–Trinajstić information content (AvgIpc) is 3.37. The van der Waals surface area contributed by atoms with Crippen LogP contribution in [0.5, 0.6) is 0 Å². The van der Waals surface area contributed by atoms with E-state index < -0.39 is 0 Å². The Labute approximate surface area is 189 Å². The van der Waals surface area contributed by atoms with E-state index in [0.29, 0.717) is 18.7 Å². The van der Waals surface area contributed by atoms with Gasteiger partial charge in [0.15, 0.2) is 0 Å². The summed E-state index contributed by atoms with van der Waals surface area (Å²) in [6.45, 7) is 9.02. The zero-order chi connectivity index (χ0) is 22.7. The number of benzene rings is 2. The Morgan fingerprint density at radius 3 is 2.53 bits per heavy atom. The van der Waals surface area contributed by atoms with Crippen molar-refractivity contribution in [2.24, 2.45) is 5.92 Å². The van der Waals surface area contributed by atoms with Crippen LogP contribution in [0.15, 0.2) is 71.1 Å². The fourth-order valence-electron chi connectivity index (χ4n) is 4.71. The summed E-state index contributed by atoms with van der Waals surface area (Å²) < 4.78 is 19.8. The average molecular weight is 435 g/mol. The molecule has 168 valence electrons. The highest BCUT2D eigenvalue weighted by molar-refractivity contribution is 5.94. The van der Waals surface area contributed by atoms with Gasteiger partial charge in [-0.3, -0.25) is 9.69 Å². The lowest BCUT2D eigenvalue weighted by Gasteiger charge is -2.32. The van der Waals surface area contributed by atoms with E-state index in [1.807, 2.05) is 60.4 Å². The summed E-state index contributed by atoms with van der Waals surface area (Å²) in [5.74, 6) is 2.00. The first kappa shape index (κ1) is 22.3. The van der Waals surface area contributed by atoms with E-state index in [9.17, 15) is 9.18 Å². The molecule has 0 saturated carbocycles. The molecule has 1 saturated heterocycles. The van der Waals surface area contributed by atoms with Crippen molar-refractivity contribution in [3.8, 4) is 0 Å². The number of aryl methyl sites for hydroxylation is 1. The highest BCUT2D eigenvalue weighted by Gasteiger charge is 2.37. The Kier molecular flexibility index (Phi) is 6.75. The number of halogens is 1. The monoisotopic (exact) mass is 434 g/mol. The third-order valence-corrected chi connectivity index (χ3v) is 6.31. The number of amides is 1. The smallest absolute Gasteiger partial charge is 0.254 e. The molecule has 4 rings (SSSR count). The minimum absolute atomic E-state index is 0.0405. The van der Waals surface area contributed by atoms with Crippen molar-refractivity contribution in [1.82, 2.24) is 9.80 Å². The first-order valence-electron chi connectivity index (χ1n) is 11.3. The van der Waals surface area contributed by atoms with Gasteiger partial charge in [0.25, 0.3) is 5.91 Å². The van der Waals surface area contributed by atoms with Gasteiger partial charge in [-0.1, -0.05) is 30.3 Å². The Bertz CT molecular complexity index is 1050. The van der Waals surface area contributed by atoms with E-state index in [-0.39, 0.29) is 29.6 Å². The predicted octanol–water partition coefficient (Wildman–Crippen LogP) is 5.49. The molecule has 1 aliphatic rings. The minimum Gasteiger partial charge on any atom is -0.465 e. The van der Waals surface area contributed by atoms with Crippen molar-refractivity contribution < 1.29 is 13.6 Å². The van der Waals surface area contributed by atoms with Crippen LogP contribution in [0.2, 0.25) is 0 Å². The van der Waals surface area contributed by atoms with Crippen LogP contribution in [0.1, 0.15) is 47.2 Å². The van der Waals surface area contributed by atoms with Gasteiger partial charge in [-0.25, -0.2) is 4.39 Å². The van der Waals surface area contributed by atoms with Gasteiger partial charge in [0.05, 0.1) is 6.54 Å². The predicted molar refractivity (Wildman–Crippen MR) is 124 cm³/mol. The molecule has 2 atom stereocenters. The molecule has 0 radical (unpaired) electrons. The summed E-state index contributed by atoms with van der Waals surface area (Å²) in [5.41, 5.74) is 1.69. The summed E-state index contributed by atoms with van der Waals surface area (Å²) in [4.78, 5) is 17.6. The van der Waals surface area contributed by atoms with Crippen molar-refractivity contribution in [2.75, 3.05) is 19.6 Å². The maximum Gasteiger partial charge on any atom is 0.254 e. The Balaban J connectivity index is 1.58. The van der Waals surface area contributed by atoms with E-state index in [1.54, 1.807) is 12.1 Å². The molecule has 1 fully saturated rings. The van der Waals surface area contributed by atoms with Gasteiger partial charge in [-0.2, -0.15) is 0 Å². The number of carbonyl (C=O) groups is 1. The molecule has 1 aromatic heterocycles. The lowest BCUT2D eigenvalue weighted by Crippen LogP contribution is -2.42. The fraction of sp³-hybridized carbons (Fsp3) is 0.370. The van der Waals surface area contributed by atoms with Crippen molar-refractivity contribution in [2.45, 2.75) is 39.3 Å². The number of rotatable bonds is 7. The number of hydrogen-bond donors (Lipinski definition) is 0. The van der Waals surface area contributed by atoms with Crippen molar-refractivity contribution >= 4 is 5.91 Å². The molecule has 2 heterocycles. The summed E-state index contributed by atoms with van der Waals surface area (Å²) in [6.07, 6.45) is 0. The maximum atomic E-state index is 14.0. The number of furan rings is 1. The van der Waals surface area contributed by atoms with E-state index in [0.717, 1.165) is 30.2 Å². The molecule has 0 bridgehead atoms. The van der Waals surface area contributed by atoms with Crippen LogP contribution >= 0.6 is 0 Å². The number of carbonyl (C=O) groups excluding carboxylic acids is 1. The van der Waals surface area contributed by atoms with Crippen molar-refractivity contribution in [3.63, 3.8) is 0 Å². The Morgan fingerprint density at radius 1 is 1.09 bits per heavy atom. The molecule has 5 heteroatoms. The van der Waals surface area contributed by atoms with Crippen molar-refractivity contribution in [3.05, 3.63) is 95.2 Å². The second-order valence-electron chi connectivity index (χ2n) is 9.05. The summed E-state index contributed by atoms with van der Waals surface area (Å²) in [7, 11) is 0. The van der Waals surface area contributed by atoms with E-state index in [2.05, 4.69) is 18.7 Å². The molecule has 1 amide bonds. The summed E-state index contributed by atoms with van der Waals surface area (Å²) >= 11 is 0. The third-order valence-electron chi connectivity index (χ3n) is 6.31. The molecular weight excluding hydrogens is 403 g/mol. The lowest BCUT2D eigenvalue weighted by molar-refractivity contribution is 0.0668. The highest BCUT2D eigenvalue weighted by Crippen LogP contribution is 2.35. The normalized spacial score (nSPS) is 18.9. The highest BCUT2D eigenvalue weighted by atomic mass is 19.1. The zero-order valence-corrected chi connectivity index (χ0v) is 19.0. The second kappa shape index (κ2) is 9.70. The molecule has 0 aliphatic carbocycles. The largest absolute Gasteiger partial charge is 0.465 e. The van der Waals surface area contributed by atoms with E-state index in [1.165, 1.54) is 6.07 Å². The first-order chi connectivity index (χ1) is 15.4. The molecule has 1 aliphatic heterocycles. The van der Waals surface area contributed by atoms with Crippen LogP contribution in [-0.4, -0.2) is 41.4 Å². The fourth-order valence-corrected chi connectivity index (χ4v) is 4.71. The molecule has 0 spiro atoms. The number of hydrogen-bond acceptors (Lipinski definition) is 3. The maximum absolute atomic E-state index is 14.0. The quantitative estimate of drug-likeness (QED) is 0.493. The standard InChI is InChI=1S/C27H31FN2O2/c1-19(2)30(27(31)21-8-5-4-6-9-21)16-23-15-29(17-25-13-12-20(3)32-25)18-26(23)22-10-7-11-24(28)14-22/h4-14,19,23,26H,15-18H2,1-3H3. The van der Waals surface area contributed by atoms with E-state index >= 15 is 0 Å². The SMILES string of the molecule is Cc1ccc(CN2CC(CN(C(=O)c3ccccc3)C(C)C)C(c3cccc(F)c3)C2)o1. The van der Waals surface area contributed by atoms with Crippen LogP contribution < -0.4 is 0 Å². The van der Waals surface area contributed by atoms with Gasteiger partial charge in [-0.15, -0.1) is 0 Å². The number of likely N-dealkylation sites (tertiary alicyclic amines) is 1. The Hall–Kier alpha value is -2.92. The second-order valence-corrected chi connectivity index (χ2v) is 9.05. The molecule has 32 heavy (non-hydrogen) atoms. The van der Waals surface area contributed by atoms with Gasteiger partial charge in [-0.05, 0) is 68.7 Å². The molecule has 3 aromatic rings. The van der Waals surface area contributed by atoms with Crippen LogP contribution in [0, 0.1) is 18.7 Å². The van der Waals surface area contributed by atoms with Gasteiger partial charge >= 0.3 is 0 Å². The van der Waals surface area contributed by atoms with Crippen LogP contribution in [-0.2, 0) is 6.54 Å². The third kappa shape index (κ3) is 5.10. The summed E-state index contributed by atoms with van der Waals surface area (Å²) in [6, 6.07) is 20.4. The van der Waals surface area contributed by atoms with Gasteiger partial charge in [0.2, 0.25) is 0 Å². The van der Waals surface area contributed by atoms with Crippen LogP contribution in [0.3, 0.4) is 0 Å². The van der Waals surface area contributed by atoms with Gasteiger partial charge in [0.1, 0.15) is 17.3 Å². The topological polar surface area (TPSA) is 36.7 Å². The summed E-state index contributed by atoms with van der Waals surface area (Å²) in [5, 5.41) is 0. The van der Waals surface area contributed by atoms with Crippen LogP contribution in [0.4, 0.5) is 4.39 Å². The van der Waals surface area contributed by atoms with Crippen LogP contribution in [0.25, 0.3) is 0 Å². The molecule has 2 aromatic carbocycles. The van der Waals surface area contributed by atoms with Crippen molar-refractivity contribution in [1.29, 1.82) is 0 Å². The zero-order valence-electron chi connectivity index (χ0n) is 19.0. The van der Waals surface area contributed by atoms with Gasteiger partial charge < -0.3 is 9.32 Å². The molecule has 2 unspecified atom stereocenters. The molecular formula is C27H31FN2O2. The molecule has 0 N–H and O–H groups in total. The molecule has 4 nitrogen and oxygen atoms in total. The first-order valence-corrected chi connectivity index (χ1v) is 11.3. The van der Waals surface area contributed by atoms with Gasteiger partial charge in [0, 0.05) is 37.2 Å².